The van der Waals surface area contributed by atoms with Crippen LogP contribution in [0.4, 0.5) is 10.1 Å². The molecule has 1 aliphatic rings. The number of nitrogens with zero attached hydrogens (tertiary/aromatic N) is 1. The van der Waals surface area contributed by atoms with Crippen LogP contribution in [0.1, 0.15) is 44.2 Å². The number of benzene rings is 1. The quantitative estimate of drug-likeness (QED) is 0.832. The Morgan fingerprint density at radius 1 is 1.47 bits per heavy atom. The molecule has 0 saturated heterocycles. The van der Waals surface area contributed by atoms with Gasteiger partial charge in [0.15, 0.2) is 0 Å². The second-order valence-corrected chi connectivity index (χ2v) is 5.32. The van der Waals surface area contributed by atoms with Crippen LogP contribution in [-0.2, 0) is 0 Å². The minimum Gasteiger partial charge on any atom is -0.396 e. The molecule has 0 radical (unpaired) electrons. The maximum Gasteiger partial charge on any atom is 0.146 e. The minimum absolute atomic E-state index is 0.130. The van der Waals surface area contributed by atoms with E-state index in [0.717, 1.165) is 18.4 Å². The van der Waals surface area contributed by atoms with Gasteiger partial charge in [-0.25, -0.2) is 4.39 Å². The van der Waals surface area contributed by atoms with E-state index in [1.54, 1.807) is 6.07 Å². The molecule has 0 unspecified atom stereocenters. The first kappa shape index (κ1) is 14.3. The number of anilines is 1. The Hall–Kier alpha value is -1.13. The van der Waals surface area contributed by atoms with Crippen molar-refractivity contribution >= 4 is 5.69 Å². The van der Waals surface area contributed by atoms with Crippen LogP contribution in [-0.4, -0.2) is 24.3 Å². The summed E-state index contributed by atoms with van der Waals surface area (Å²) in [6, 6.07) is 5.30. The minimum atomic E-state index is -0.209. The summed E-state index contributed by atoms with van der Waals surface area (Å²) >= 11 is 0. The van der Waals surface area contributed by atoms with Gasteiger partial charge < -0.3 is 15.7 Å². The predicted molar refractivity (Wildman–Crippen MR) is 75.7 cm³/mol. The molecule has 1 atom stereocenters. The van der Waals surface area contributed by atoms with Gasteiger partial charge in [-0.15, -0.1) is 0 Å². The molecule has 0 heterocycles. The number of hydrogen-bond acceptors (Lipinski definition) is 3. The molecule has 4 heteroatoms. The smallest absolute Gasteiger partial charge is 0.146 e. The fourth-order valence-corrected chi connectivity index (χ4v) is 2.62. The molecule has 2 rings (SSSR count). The van der Waals surface area contributed by atoms with Gasteiger partial charge in [-0.1, -0.05) is 12.1 Å². The standard InChI is InChI=1S/C15H23FN2O/c1-11(17)13-7-3-8-14(16)15(13)18(9-4-10-19)12-5-2-6-12/h3,7-8,11-12,19H,2,4-6,9-10,17H2,1H3/t11-/m1/s1. The summed E-state index contributed by atoms with van der Waals surface area (Å²) in [5, 5.41) is 9.04. The Labute approximate surface area is 114 Å². The Balaban J connectivity index is 2.33. The molecule has 3 N–H and O–H groups in total. The zero-order valence-corrected chi connectivity index (χ0v) is 11.5. The molecule has 1 aromatic rings. The molecule has 1 aliphatic carbocycles. The lowest BCUT2D eigenvalue weighted by Crippen LogP contribution is -2.42. The van der Waals surface area contributed by atoms with Crippen molar-refractivity contribution in [2.45, 2.75) is 44.7 Å². The number of aliphatic hydroxyl groups is 1. The summed E-state index contributed by atoms with van der Waals surface area (Å²) in [4.78, 5) is 2.10. The first-order valence-corrected chi connectivity index (χ1v) is 7.06. The van der Waals surface area contributed by atoms with Crippen LogP contribution < -0.4 is 10.6 Å². The van der Waals surface area contributed by atoms with E-state index in [9.17, 15) is 4.39 Å². The third kappa shape index (κ3) is 3.07. The number of para-hydroxylation sites is 1. The topological polar surface area (TPSA) is 49.5 Å². The summed E-state index contributed by atoms with van der Waals surface area (Å²) in [7, 11) is 0. The molecular weight excluding hydrogens is 243 g/mol. The average Bonchev–Trinajstić information content (AvgIpc) is 2.32. The maximum atomic E-state index is 14.2. The summed E-state index contributed by atoms with van der Waals surface area (Å²) in [5.41, 5.74) is 7.45. The van der Waals surface area contributed by atoms with E-state index in [-0.39, 0.29) is 18.5 Å². The van der Waals surface area contributed by atoms with Crippen molar-refractivity contribution in [1.82, 2.24) is 0 Å². The van der Waals surface area contributed by atoms with Gasteiger partial charge in [0, 0.05) is 25.2 Å². The molecule has 106 valence electrons. The van der Waals surface area contributed by atoms with Gasteiger partial charge >= 0.3 is 0 Å². The van der Waals surface area contributed by atoms with Crippen LogP contribution in [0.25, 0.3) is 0 Å². The highest BCUT2D eigenvalue weighted by atomic mass is 19.1. The third-order valence-electron chi connectivity index (χ3n) is 3.87. The summed E-state index contributed by atoms with van der Waals surface area (Å²) < 4.78 is 14.2. The number of rotatable bonds is 6. The fraction of sp³-hybridized carbons (Fsp3) is 0.600. The van der Waals surface area contributed by atoms with Gasteiger partial charge in [-0.05, 0) is 44.2 Å². The zero-order valence-electron chi connectivity index (χ0n) is 11.5. The van der Waals surface area contributed by atoms with E-state index in [2.05, 4.69) is 4.90 Å². The zero-order chi connectivity index (χ0) is 13.8. The van der Waals surface area contributed by atoms with Gasteiger partial charge in [0.25, 0.3) is 0 Å². The van der Waals surface area contributed by atoms with E-state index < -0.39 is 0 Å². The van der Waals surface area contributed by atoms with Crippen LogP contribution in [0.3, 0.4) is 0 Å². The van der Waals surface area contributed by atoms with Crippen LogP contribution in [0, 0.1) is 5.82 Å². The summed E-state index contributed by atoms with van der Waals surface area (Å²) in [6.45, 7) is 2.69. The van der Waals surface area contributed by atoms with Gasteiger partial charge in [0.2, 0.25) is 0 Å². The van der Waals surface area contributed by atoms with Crippen LogP contribution in [0.15, 0.2) is 18.2 Å². The highest BCUT2D eigenvalue weighted by Crippen LogP contribution is 2.35. The van der Waals surface area contributed by atoms with Gasteiger partial charge in [0.1, 0.15) is 5.82 Å². The SMILES string of the molecule is C[C@@H](N)c1cccc(F)c1N(CCCO)C1CCC1. The van der Waals surface area contributed by atoms with Gasteiger partial charge in [0.05, 0.1) is 5.69 Å². The van der Waals surface area contributed by atoms with Crippen LogP contribution >= 0.6 is 0 Å². The van der Waals surface area contributed by atoms with E-state index in [4.69, 9.17) is 10.8 Å². The van der Waals surface area contributed by atoms with E-state index in [1.807, 2.05) is 13.0 Å². The number of aliphatic hydroxyl groups excluding tert-OH is 1. The lowest BCUT2D eigenvalue weighted by molar-refractivity contribution is 0.282. The molecule has 1 fully saturated rings. The second-order valence-electron chi connectivity index (χ2n) is 5.32. The normalized spacial score (nSPS) is 17.1. The summed E-state index contributed by atoms with van der Waals surface area (Å²) in [5.74, 6) is -0.209. The maximum absolute atomic E-state index is 14.2. The average molecular weight is 266 g/mol. The van der Waals surface area contributed by atoms with Crippen molar-refractivity contribution in [3.63, 3.8) is 0 Å². The monoisotopic (exact) mass is 266 g/mol. The largest absolute Gasteiger partial charge is 0.396 e. The van der Waals surface area contributed by atoms with E-state index >= 15 is 0 Å². The highest BCUT2D eigenvalue weighted by Gasteiger charge is 2.28. The van der Waals surface area contributed by atoms with Gasteiger partial charge in [-0.3, -0.25) is 0 Å². The Bertz CT molecular complexity index is 419. The van der Waals surface area contributed by atoms with Crippen molar-refractivity contribution in [3.8, 4) is 0 Å². The van der Waals surface area contributed by atoms with Gasteiger partial charge in [-0.2, -0.15) is 0 Å². The van der Waals surface area contributed by atoms with Crippen molar-refractivity contribution in [2.24, 2.45) is 5.73 Å². The molecule has 19 heavy (non-hydrogen) atoms. The summed E-state index contributed by atoms with van der Waals surface area (Å²) in [6.07, 6.45) is 4.04. The van der Waals surface area contributed by atoms with Crippen LogP contribution in [0.5, 0.6) is 0 Å². The molecule has 0 bridgehead atoms. The Kier molecular flexibility index (Phi) is 4.77. The molecule has 1 saturated carbocycles. The molecular formula is C15H23FN2O. The first-order chi connectivity index (χ1) is 9.15. The van der Waals surface area contributed by atoms with Crippen molar-refractivity contribution < 1.29 is 9.50 Å². The third-order valence-corrected chi connectivity index (χ3v) is 3.87. The molecule has 0 aliphatic heterocycles. The highest BCUT2D eigenvalue weighted by molar-refractivity contribution is 5.57. The Morgan fingerprint density at radius 2 is 2.21 bits per heavy atom. The number of halogens is 1. The predicted octanol–water partition coefficient (Wildman–Crippen LogP) is 2.59. The fourth-order valence-electron chi connectivity index (χ4n) is 2.62. The molecule has 0 aromatic heterocycles. The first-order valence-electron chi connectivity index (χ1n) is 7.06. The van der Waals surface area contributed by atoms with Crippen molar-refractivity contribution in [3.05, 3.63) is 29.6 Å². The van der Waals surface area contributed by atoms with E-state index in [1.165, 1.54) is 12.5 Å². The molecule has 0 amide bonds. The second kappa shape index (κ2) is 6.35. The van der Waals surface area contributed by atoms with E-state index in [0.29, 0.717) is 24.7 Å². The molecule has 0 spiro atoms. The van der Waals surface area contributed by atoms with Crippen molar-refractivity contribution in [2.75, 3.05) is 18.1 Å². The van der Waals surface area contributed by atoms with Crippen LogP contribution in [0.2, 0.25) is 0 Å². The molecule has 3 nitrogen and oxygen atoms in total. The Morgan fingerprint density at radius 3 is 2.74 bits per heavy atom. The van der Waals surface area contributed by atoms with Crippen molar-refractivity contribution in [1.29, 1.82) is 0 Å². The molecule has 1 aromatic carbocycles. The number of hydrogen-bond donors (Lipinski definition) is 2. The lowest BCUT2D eigenvalue weighted by Gasteiger charge is -2.40. The number of nitrogens with two attached hydrogens (primary N) is 1. The lowest BCUT2D eigenvalue weighted by atomic mass is 9.90.